The molecule has 2 rings (SSSR count). The lowest BCUT2D eigenvalue weighted by Gasteiger charge is -2.27. The molecule has 1 fully saturated rings. The lowest BCUT2D eigenvalue weighted by molar-refractivity contribution is 0.187. The monoisotopic (exact) mass is 282 g/mol. The Morgan fingerprint density at radius 1 is 1.44 bits per heavy atom. The summed E-state index contributed by atoms with van der Waals surface area (Å²) < 4.78 is 1.05. The van der Waals surface area contributed by atoms with Crippen LogP contribution in [0.15, 0.2) is 22.8 Å². The number of rotatable bonds is 3. The van der Waals surface area contributed by atoms with Crippen molar-refractivity contribution in [3.8, 4) is 0 Å². The largest absolute Gasteiger partial charge is 0.292 e. The predicted molar refractivity (Wildman–Crippen MR) is 70.3 cm³/mol. The van der Waals surface area contributed by atoms with Crippen molar-refractivity contribution in [3.63, 3.8) is 0 Å². The van der Waals surface area contributed by atoms with E-state index in [4.69, 9.17) is 0 Å². The normalized spacial score (nSPS) is 26.2. The molecule has 0 radical (unpaired) electrons. The number of pyridine rings is 1. The lowest BCUT2D eigenvalue weighted by atomic mass is 10.1. The van der Waals surface area contributed by atoms with E-state index in [9.17, 15) is 0 Å². The van der Waals surface area contributed by atoms with Gasteiger partial charge in [0.15, 0.2) is 0 Å². The third-order valence-corrected chi connectivity index (χ3v) is 4.03. The lowest BCUT2D eigenvalue weighted by Crippen LogP contribution is -2.33. The highest BCUT2D eigenvalue weighted by Gasteiger charge is 2.29. The number of hydrogen-bond acceptors (Lipinski definition) is 2. The number of aromatic nitrogens is 1. The molecule has 0 saturated carbocycles. The second-order valence-corrected chi connectivity index (χ2v) is 5.54. The zero-order valence-corrected chi connectivity index (χ0v) is 11.6. The molecular weight excluding hydrogens is 264 g/mol. The first kappa shape index (κ1) is 12.1. The number of nitrogens with zero attached hydrogens (tertiary/aromatic N) is 2. The van der Waals surface area contributed by atoms with E-state index in [0.29, 0.717) is 6.04 Å². The molecular formula is C13H19BrN2. The Morgan fingerprint density at radius 2 is 2.25 bits per heavy atom. The van der Waals surface area contributed by atoms with Crippen LogP contribution in [-0.2, 0) is 6.54 Å². The van der Waals surface area contributed by atoms with Crippen LogP contribution < -0.4 is 0 Å². The maximum Gasteiger partial charge on any atom is 0.0545 e. The van der Waals surface area contributed by atoms with Crippen molar-refractivity contribution >= 4 is 15.9 Å². The van der Waals surface area contributed by atoms with Gasteiger partial charge in [-0.2, -0.15) is 0 Å². The molecule has 1 aliphatic heterocycles. The second-order valence-electron chi connectivity index (χ2n) is 4.63. The van der Waals surface area contributed by atoms with E-state index in [1.807, 2.05) is 6.20 Å². The van der Waals surface area contributed by atoms with Gasteiger partial charge in [-0.15, -0.1) is 0 Å². The Balaban J connectivity index is 2.05. The molecule has 0 bridgehead atoms. The van der Waals surface area contributed by atoms with Crippen molar-refractivity contribution < 1.29 is 0 Å². The van der Waals surface area contributed by atoms with Crippen molar-refractivity contribution in [2.45, 2.75) is 51.7 Å². The minimum absolute atomic E-state index is 0.704. The van der Waals surface area contributed by atoms with Gasteiger partial charge in [-0.05, 0) is 54.2 Å². The van der Waals surface area contributed by atoms with E-state index in [1.54, 1.807) is 0 Å². The Bertz CT molecular complexity index is 336. The van der Waals surface area contributed by atoms with Crippen molar-refractivity contribution in [2.75, 3.05) is 0 Å². The van der Waals surface area contributed by atoms with E-state index in [2.05, 4.69) is 51.8 Å². The molecule has 3 heteroatoms. The van der Waals surface area contributed by atoms with Crippen LogP contribution in [0, 0.1) is 0 Å². The highest BCUT2D eigenvalue weighted by Crippen LogP contribution is 2.27. The molecule has 88 valence electrons. The third-order valence-electron chi connectivity index (χ3n) is 3.56. The molecule has 0 amide bonds. The summed E-state index contributed by atoms with van der Waals surface area (Å²) in [5.74, 6) is 0. The average molecular weight is 283 g/mol. The van der Waals surface area contributed by atoms with Gasteiger partial charge < -0.3 is 0 Å². The van der Waals surface area contributed by atoms with E-state index in [1.165, 1.54) is 25.0 Å². The Kier molecular flexibility index (Phi) is 3.98. The molecule has 2 heterocycles. The van der Waals surface area contributed by atoms with Crippen LogP contribution in [0.2, 0.25) is 0 Å². The fraction of sp³-hybridized carbons (Fsp3) is 0.615. The zero-order valence-electron chi connectivity index (χ0n) is 9.99. The summed E-state index contributed by atoms with van der Waals surface area (Å²) in [6.07, 6.45) is 5.81. The summed E-state index contributed by atoms with van der Waals surface area (Å²) in [4.78, 5) is 7.05. The van der Waals surface area contributed by atoms with E-state index in [-0.39, 0.29) is 0 Å². The van der Waals surface area contributed by atoms with Gasteiger partial charge in [0.25, 0.3) is 0 Å². The highest BCUT2D eigenvalue weighted by molar-refractivity contribution is 9.10. The minimum Gasteiger partial charge on any atom is -0.292 e. The van der Waals surface area contributed by atoms with Gasteiger partial charge in [0.05, 0.1) is 5.69 Å². The standard InChI is InChI=1S/C13H19BrN2/c1-3-13-7-4-10(2)16(13)9-12-6-5-11(14)8-15-12/h5-6,8,10,13H,3-4,7,9H2,1-2H3. The van der Waals surface area contributed by atoms with Crippen molar-refractivity contribution in [1.29, 1.82) is 0 Å². The van der Waals surface area contributed by atoms with Crippen LogP contribution in [-0.4, -0.2) is 22.0 Å². The summed E-state index contributed by atoms with van der Waals surface area (Å²) in [7, 11) is 0. The summed E-state index contributed by atoms with van der Waals surface area (Å²) in [5, 5.41) is 0. The third kappa shape index (κ3) is 2.64. The minimum atomic E-state index is 0.704. The smallest absolute Gasteiger partial charge is 0.0545 e. The highest BCUT2D eigenvalue weighted by atomic mass is 79.9. The Labute approximate surface area is 106 Å². The average Bonchev–Trinajstić information content (AvgIpc) is 2.63. The first-order chi connectivity index (χ1) is 7.70. The molecule has 2 unspecified atom stereocenters. The fourth-order valence-corrected chi connectivity index (χ4v) is 2.77. The maximum absolute atomic E-state index is 4.46. The van der Waals surface area contributed by atoms with E-state index in [0.717, 1.165) is 17.1 Å². The van der Waals surface area contributed by atoms with Gasteiger partial charge >= 0.3 is 0 Å². The molecule has 1 aromatic heterocycles. The quantitative estimate of drug-likeness (QED) is 0.842. The van der Waals surface area contributed by atoms with Crippen LogP contribution in [0.5, 0.6) is 0 Å². The molecule has 1 aromatic rings. The molecule has 16 heavy (non-hydrogen) atoms. The topological polar surface area (TPSA) is 16.1 Å². The fourth-order valence-electron chi connectivity index (χ4n) is 2.54. The van der Waals surface area contributed by atoms with Gasteiger partial charge in [0.2, 0.25) is 0 Å². The summed E-state index contributed by atoms with van der Waals surface area (Å²) in [5.41, 5.74) is 1.18. The summed E-state index contributed by atoms with van der Waals surface area (Å²) in [6, 6.07) is 5.64. The Morgan fingerprint density at radius 3 is 2.88 bits per heavy atom. The molecule has 0 N–H and O–H groups in total. The predicted octanol–water partition coefficient (Wildman–Crippen LogP) is 3.61. The molecule has 2 nitrogen and oxygen atoms in total. The maximum atomic E-state index is 4.46. The molecule has 2 atom stereocenters. The van der Waals surface area contributed by atoms with Gasteiger partial charge in [-0.25, -0.2) is 0 Å². The molecule has 0 aromatic carbocycles. The van der Waals surface area contributed by atoms with Crippen LogP contribution >= 0.6 is 15.9 Å². The van der Waals surface area contributed by atoms with Gasteiger partial charge in [0.1, 0.15) is 0 Å². The van der Waals surface area contributed by atoms with Crippen molar-refractivity contribution in [3.05, 3.63) is 28.5 Å². The van der Waals surface area contributed by atoms with Crippen LogP contribution in [0.25, 0.3) is 0 Å². The first-order valence-electron chi connectivity index (χ1n) is 6.07. The van der Waals surface area contributed by atoms with Crippen LogP contribution in [0.1, 0.15) is 38.8 Å². The summed E-state index contributed by atoms with van der Waals surface area (Å²) >= 11 is 3.42. The molecule has 1 aliphatic rings. The van der Waals surface area contributed by atoms with Crippen LogP contribution in [0.4, 0.5) is 0 Å². The number of hydrogen-bond donors (Lipinski definition) is 0. The zero-order chi connectivity index (χ0) is 11.5. The van der Waals surface area contributed by atoms with Crippen LogP contribution in [0.3, 0.4) is 0 Å². The van der Waals surface area contributed by atoms with E-state index < -0.39 is 0 Å². The first-order valence-corrected chi connectivity index (χ1v) is 6.86. The molecule has 0 aliphatic carbocycles. The van der Waals surface area contributed by atoms with E-state index >= 15 is 0 Å². The van der Waals surface area contributed by atoms with Crippen molar-refractivity contribution in [2.24, 2.45) is 0 Å². The van der Waals surface area contributed by atoms with Gasteiger partial charge in [-0.1, -0.05) is 6.92 Å². The van der Waals surface area contributed by atoms with Crippen molar-refractivity contribution in [1.82, 2.24) is 9.88 Å². The van der Waals surface area contributed by atoms with Gasteiger partial charge in [-0.3, -0.25) is 9.88 Å². The van der Waals surface area contributed by atoms with Gasteiger partial charge in [0, 0.05) is 29.3 Å². The number of likely N-dealkylation sites (tertiary alicyclic amines) is 1. The summed E-state index contributed by atoms with van der Waals surface area (Å²) in [6.45, 7) is 5.60. The second kappa shape index (κ2) is 5.28. The molecule has 0 spiro atoms. The molecule has 1 saturated heterocycles. The number of halogens is 1. The SMILES string of the molecule is CCC1CCC(C)N1Cc1ccc(Br)cn1. The Hall–Kier alpha value is -0.410.